The first-order valence-corrected chi connectivity index (χ1v) is 6.87. The van der Waals surface area contributed by atoms with Crippen molar-refractivity contribution in [1.29, 1.82) is 0 Å². The van der Waals surface area contributed by atoms with E-state index in [-0.39, 0.29) is 26.8 Å². The first-order valence-electron chi connectivity index (χ1n) is 6.11. The predicted molar refractivity (Wildman–Crippen MR) is 77.3 cm³/mol. The summed E-state index contributed by atoms with van der Waals surface area (Å²) in [6, 6.07) is 2.51. The number of fused-ring (bicyclic) bond motifs is 1. The number of aromatic nitrogens is 2. The molecule has 0 radical (unpaired) electrons. The molecule has 120 valence electrons. The van der Waals surface area contributed by atoms with Crippen molar-refractivity contribution in [2.24, 2.45) is 0 Å². The zero-order chi connectivity index (χ0) is 16.9. The minimum Gasteiger partial charge on any atom is -0.506 e. The fraction of sp³-hybridized carbons (Fsp3) is 0.0714. The fourth-order valence-electron chi connectivity index (χ4n) is 2.25. The molecule has 1 aromatic carbocycles. The number of nitrogens with zero attached hydrogens (tertiary/aromatic N) is 2. The van der Waals surface area contributed by atoms with Gasteiger partial charge in [-0.15, -0.1) is 0 Å². The van der Waals surface area contributed by atoms with E-state index in [2.05, 4.69) is 4.98 Å². The summed E-state index contributed by atoms with van der Waals surface area (Å²) < 4.78 is 54.1. The van der Waals surface area contributed by atoms with Crippen molar-refractivity contribution in [3.05, 3.63) is 52.1 Å². The molecule has 0 amide bonds. The van der Waals surface area contributed by atoms with Crippen LogP contribution >= 0.6 is 23.2 Å². The van der Waals surface area contributed by atoms with Gasteiger partial charge in [0.15, 0.2) is 0 Å². The van der Waals surface area contributed by atoms with Crippen molar-refractivity contribution >= 4 is 28.8 Å². The Balaban J connectivity index is 2.39. The maximum atomic E-state index is 14.2. The van der Waals surface area contributed by atoms with Crippen LogP contribution in [0.2, 0.25) is 10.0 Å². The molecule has 23 heavy (non-hydrogen) atoms. The Bertz CT molecular complexity index is 921. The van der Waals surface area contributed by atoms with Gasteiger partial charge >= 0.3 is 6.18 Å². The molecule has 0 bridgehead atoms. The van der Waals surface area contributed by atoms with Gasteiger partial charge in [-0.1, -0.05) is 23.2 Å². The predicted octanol–water partition coefficient (Wildman–Crippen LogP) is 5.17. The molecule has 0 fully saturated rings. The molecule has 2 aromatic heterocycles. The van der Waals surface area contributed by atoms with Gasteiger partial charge in [-0.05, 0) is 18.2 Å². The first-order chi connectivity index (χ1) is 10.7. The molecule has 1 N–H and O–H groups in total. The van der Waals surface area contributed by atoms with E-state index < -0.39 is 23.4 Å². The highest BCUT2D eigenvalue weighted by Crippen LogP contribution is 2.41. The van der Waals surface area contributed by atoms with Gasteiger partial charge in [0.25, 0.3) is 0 Å². The zero-order valence-corrected chi connectivity index (χ0v) is 12.5. The Hall–Kier alpha value is -1.99. The largest absolute Gasteiger partial charge is 0.506 e. The molecule has 0 saturated heterocycles. The molecule has 0 aliphatic rings. The smallest absolute Gasteiger partial charge is 0.431 e. The van der Waals surface area contributed by atoms with Crippen LogP contribution in [0.1, 0.15) is 5.69 Å². The molecule has 0 saturated carbocycles. The van der Waals surface area contributed by atoms with Crippen molar-refractivity contribution in [3.8, 4) is 16.9 Å². The van der Waals surface area contributed by atoms with E-state index in [0.717, 1.165) is 28.9 Å². The Morgan fingerprint density at radius 3 is 2.43 bits per heavy atom. The number of pyridine rings is 1. The molecular formula is C14H6Cl2F4N2O. The average molecular weight is 365 g/mol. The topological polar surface area (TPSA) is 37.5 Å². The second-order valence-corrected chi connectivity index (χ2v) is 5.47. The SMILES string of the molecule is Oc1cc(-c2c(Cl)cc(C(F)(F)F)n3ccnc23)c(F)cc1Cl. The van der Waals surface area contributed by atoms with E-state index in [0.29, 0.717) is 6.07 Å². The Labute approximate surface area is 136 Å². The normalized spacial score (nSPS) is 12.1. The number of benzene rings is 1. The summed E-state index contributed by atoms with van der Waals surface area (Å²) >= 11 is 11.5. The third-order valence-electron chi connectivity index (χ3n) is 3.22. The van der Waals surface area contributed by atoms with Crippen molar-refractivity contribution in [3.63, 3.8) is 0 Å². The molecular weight excluding hydrogens is 359 g/mol. The number of phenolic OH excluding ortho intramolecular Hbond substituents is 1. The van der Waals surface area contributed by atoms with Gasteiger partial charge in [-0.3, -0.25) is 4.40 Å². The van der Waals surface area contributed by atoms with Crippen molar-refractivity contribution in [1.82, 2.24) is 9.38 Å². The molecule has 3 nitrogen and oxygen atoms in total. The highest BCUT2D eigenvalue weighted by molar-refractivity contribution is 6.34. The Morgan fingerprint density at radius 2 is 1.78 bits per heavy atom. The van der Waals surface area contributed by atoms with Crippen LogP contribution in [0.25, 0.3) is 16.8 Å². The number of halogens is 6. The third kappa shape index (κ3) is 2.60. The van der Waals surface area contributed by atoms with Crippen molar-refractivity contribution < 1.29 is 22.7 Å². The van der Waals surface area contributed by atoms with Gasteiger partial charge in [0.2, 0.25) is 0 Å². The maximum absolute atomic E-state index is 14.2. The summed E-state index contributed by atoms with van der Waals surface area (Å²) in [7, 11) is 0. The molecule has 0 aliphatic carbocycles. The van der Waals surface area contributed by atoms with Crippen LogP contribution in [0, 0.1) is 5.82 Å². The molecule has 0 spiro atoms. The third-order valence-corrected chi connectivity index (χ3v) is 3.82. The van der Waals surface area contributed by atoms with Crippen LogP contribution in [0.5, 0.6) is 5.75 Å². The number of imidazole rings is 1. The monoisotopic (exact) mass is 364 g/mol. The van der Waals surface area contributed by atoms with Gasteiger partial charge in [-0.25, -0.2) is 9.37 Å². The van der Waals surface area contributed by atoms with Crippen LogP contribution < -0.4 is 0 Å². The molecule has 0 unspecified atom stereocenters. The number of hydrogen-bond donors (Lipinski definition) is 1. The van der Waals surface area contributed by atoms with Crippen molar-refractivity contribution in [2.45, 2.75) is 6.18 Å². The number of rotatable bonds is 1. The van der Waals surface area contributed by atoms with Crippen LogP contribution in [-0.4, -0.2) is 14.5 Å². The number of alkyl halides is 3. The second kappa shape index (κ2) is 5.28. The molecule has 0 aliphatic heterocycles. The van der Waals surface area contributed by atoms with E-state index in [1.165, 1.54) is 0 Å². The highest BCUT2D eigenvalue weighted by atomic mass is 35.5. The quantitative estimate of drug-likeness (QED) is 0.604. The number of aromatic hydroxyl groups is 1. The van der Waals surface area contributed by atoms with Gasteiger partial charge in [0.1, 0.15) is 22.9 Å². The molecule has 3 rings (SSSR count). The lowest BCUT2D eigenvalue weighted by Gasteiger charge is -2.14. The lowest BCUT2D eigenvalue weighted by molar-refractivity contribution is -0.142. The van der Waals surface area contributed by atoms with E-state index in [9.17, 15) is 22.7 Å². The minimum absolute atomic E-state index is 0.0749. The summed E-state index contributed by atoms with van der Waals surface area (Å²) in [5.41, 5.74) is -1.52. The van der Waals surface area contributed by atoms with E-state index in [1.807, 2.05) is 0 Å². The summed E-state index contributed by atoms with van der Waals surface area (Å²) in [4.78, 5) is 3.82. The van der Waals surface area contributed by atoms with Gasteiger partial charge < -0.3 is 5.11 Å². The highest BCUT2D eigenvalue weighted by Gasteiger charge is 2.35. The van der Waals surface area contributed by atoms with Crippen LogP contribution in [-0.2, 0) is 6.18 Å². The molecule has 9 heteroatoms. The van der Waals surface area contributed by atoms with Gasteiger partial charge in [0, 0.05) is 23.5 Å². The summed E-state index contributed by atoms with van der Waals surface area (Å²) in [6.45, 7) is 0. The van der Waals surface area contributed by atoms with Crippen LogP contribution in [0.3, 0.4) is 0 Å². The molecule has 2 heterocycles. The Kier molecular flexibility index (Phi) is 3.65. The van der Waals surface area contributed by atoms with E-state index in [4.69, 9.17) is 23.2 Å². The maximum Gasteiger partial charge on any atom is 0.431 e. The summed E-state index contributed by atoms with van der Waals surface area (Å²) in [5.74, 6) is -1.27. The second-order valence-electron chi connectivity index (χ2n) is 4.65. The Morgan fingerprint density at radius 1 is 1.09 bits per heavy atom. The van der Waals surface area contributed by atoms with Crippen LogP contribution in [0.15, 0.2) is 30.6 Å². The number of hydrogen-bond acceptors (Lipinski definition) is 2. The first kappa shape index (κ1) is 15.9. The molecule has 3 aromatic rings. The van der Waals surface area contributed by atoms with E-state index >= 15 is 0 Å². The zero-order valence-electron chi connectivity index (χ0n) is 11.0. The van der Waals surface area contributed by atoms with Crippen LogP contribution in [0.4, 0.5) is 17.6 Å². The van der Waals surface area contributed by atoms with Gasteiger partial charge in [-0.2, -0.15) is 13.2 Å². The summed E-state index contributed by atoms with van der Waals surface area (Å²) in [5, 5.41) is 9.06. The lowest BCUT2D eigenvalue weighted by Crippen LogP contribution is -2.12. The molecule has 0 atom stereocenters. The average Bonchev–Trinajstić information content (AvgIpc) is 2.90. The van der Waals surface area contributed by atoms with Crippen molar-refractivity contribution in [2.75, 3.05) is 0 Å². The lowest BCUT2D eigenvalue weighted by atomic mass is 10.0. The minimum atomic E-state index is -4.66. The summed E-state index contributed by atoms with van der Waals surface area (Å²) in [6.07, 6.45) is -2.44. The fourth-order valence-corrected chi connectivity index (χ4v) is 2.69. The standard InChI is InChI=1S/C14H6Cl2F4N2O/c15-7-4-9(17)6(3-10(7)23)12-8(16)5-11(14(18,19)20)22-2-1-21-13(12)22/h1-5,23H. The van der Waals surface area contributed by atoms with E-state index in [1.54, 1.807) is 0 Å². The van der Waals surface area contributed by atoms with Gasteiger partial charge in [0.05, 0.1) is 10.0 Å². The number of phenols is 1.